The van der Waals surface area contributed by atoms with Crippen molar-refractivity contribution in [1.82, 2.24) is 20.4 Å². The number of ketones is 2. The third-order valence-electron chi connectivity index (χ3n) is 7.99. The predicted octanol–water partition coefficient (Wildman–Crippen LogP) is -3.15. The Morgan fingerprint density at radius 2 is 1.09 bits per heavy atom. The summed E-state index contributed by atoms with van der Waals surface area (Å²) in [6, 6.07) is -5.17. The van der Waals surface area contributed by atoms with Gasteiger partial charge in [0.05, 0.1) is 36.4 Å². The minimum absolute atomic E-state index is 0.217. The molecule has 2 aliphatic rings. The Hall–Kier alpha value is -3.80. The van der Waals surface area contributed by atoms with E-state index in [-0.39, 0.29) is 11.4 Å². The van der Waals surface area contributed by atoms with Crippen LogP contribution in [0.25, 0.3) is 0 Å². The lowest BCUT2D eigenvalue weighted by Crippen LogP contribution is -2.58. The van der Waals surface area contributed by atoms with E-state index in [1.165, 1.54) is 26.0 Å². The number of benzene rings is 1. The zero-order valence-electron chi connectivity index (χ0n) is 24.8. The number of nitrogens with one attached hydrogen (secondary N) is 2. The first-order valence-corrected chi connectivity index (χ1v) is 14.5. The van der Waals surface area contributed by atoms with Crippen LogP contribution in [0.5, 0.6) is 0 Å². The Bertz CT molecular complexity index is 1200. The SMILES string of the molecule is CC(C(=O)c1c(N)ccc(N)c1C(=O)C(C)N(C(=O)C(N)CO)C(=O)C1CCCN1)N(C(=O)C(N)CO)C(=O)C1CCCN1. The minimum atomic E-state index is -1.55. The van der Waals surface area contributed by atoms with Gasteiger partial charge in [0.25, 0.3) is 0 Å². The molecule has 2 fully saturated rings. The zero-order chi connectivity index (χ0) is 32.9. The fourth-order valence-electron chi connectivity index (χ4n) is 5.44. The number of aliphatic hydroxyl groups is 2. The number of rotatable bonds is 12. The second-order valence-corrected chi connectivity index (χ2v) is 11.0. The summed E-state index contributed by atoms with van der Waals surface area (Å²) < 4.78 is 0. The average molecular weight is 619 g/mol. The Balaban J connectivity index is 2.08. The number of carbonyl (C=O) groups excluding carboxylic acids is 6. The molecule has 4 amide bonds. The Morgan fingerprint density at radius 1 is 0.750 bits per heavy atom. The van der Waals surface area contributed by atoms with Crippen molar-refractivity contribution in [3.63, 3.8) is 0 Å². The molecule has 2 saturated heterocycles. The summed E-state index contributed by atoms with van der Waals surface area (Å²) in [7, 11) is 0. The first kappa shape index (κ1) is 34.7. The maximum Gasteiger partial charge on any atom is 0.249 e. The van der Waals surface area contributed by atoms with Gasteiger partial charge in [-0.05, 0) is 64.8 Å². The summed E-state index contributed by atoms with van der Waals surface area (Å²) in [5.41, 5.74) is 22.6. The van der Waals surface area contributed by atoms with Crippen LogP contribution in [-0.4, -0.2) is 118 Å². The zero-order valence-corrected chi connectivity index (χ0v) is 24.8. The lowest BCUT2D eigenvalue weighted by atomic mass is 9.90. The molecule has 1 aromatic carbocycles. The third kappa shape index (κ3) is 6.95. The molecule has 6 atom stereocenters. The van der Waals surface area contributed by atoms with Crippen LogP contribution in [0.4, 0.5) is 11.4 Å². The number of amides is 4. The fraction of sp³-hybridized carbons (Fsp3) is 0.571. The van der Waals surface area contributed by atoms with Crippen molar-refractivity contribution in [2.45, 2.75) is 75.8 Å². The minimum Gasteiger partial charge on any atom is -0.398 e. The number of hydrogen-bond acceptors (Lipinski definition) is 14. The van der Waals surface area contributed by atoms with Crippen LogP contribution in [0, 0.1) is 0 Å². The number of carbonyl (C=O) groups is 6. The number of hydrogen-bond donors (Lipinski definition) is 8. The van der Waals surface area contributed by atoms with Gasteiger partial charge in [-0.1, -0.05) is 0 Å². The Labute approximate surface area is 254 Å². The number of aliphatic hydroxyl groups excluding tert-OH is 2. The van der Waals surface area contributed by atoms with Gasteiger partial charge in [-0.3, -0.25) is 38.6 Å². The maximum absolute atomic E-state index is 14.1. The van der Waals surface area contributed by atoms with Crippen LogP contribution in [0.15, 0.2) is 12.1 Å². The molecular formula is C28H42N8O8. The maximum atomic E-state index is 14.1. The second-order valence-electron chi connectivity index (χ2n) is 11.0. The topological polar surface area (TPSA) is 278 Å². The van der Waals surface area contributed by atoms with Gasteiger partial charge < -0.3 is 43.8 Å². The van der Waals surface area contributed by atoms with Crippen LogP contribution in [0.3, 0.4) is 0 Å². The molecule has 44 heavy (non-hydrogen) atoms. The highest BCUT2D eigenvalue weighted by Gasteiger charge is 2.43. The molecule has 0 saturated carbocycles. The van der Waals surface area contributed by atoms with Crippen molar-refractivity contribution < 1.29 is 39.0 Å². The van der Waals surface area contributed by atoms with Gasteiger partial charge in [-0.2, -0.15) is 0 Å². The van der Waals surface area contributed by atoms with E-state index in [1.807, 2.05) is 0 Å². The van der Waals surface area contributed by atoms with Crippen LogP contribution in [0.2, 0.25) is 0 Å². The van der Waals surface area contributed by atoms with E-state index >= 15 is 0 Å². The molecule has 3 rings (SSSR count). The highest BCUT2D eigenvalue weighted by atomic mass is 16.3. The van der Waals surface area contributed by atoms with Gasteiger partial charge in [-0.25, -0.2) is 0 Å². The van der Waals surface area contributed by atoms with Crippen LogP contribution in [0.1, 0.15) is 60.2 Å². The molecule has 2 aliphatic heterocycles. The summed E-state index contributed by atoms with van der Waals surface area (Å²) in [6.45, 7) is 1.93. The smallest absolute Gasteiger partial charge is 0.249 e. The van der Waals surface area contributed by atoms with Gasteiger partial charge >= 0.3 is 0 Å². The number of Topliss-reactive ketones (excluding diaryl/α,β-unsaturated/α-hetero) is 2. The molecule has 6 unspecified atom stereocenters. The quantitative estimate of drug-likeness (QED) is 0.0848. The summed E-state index contributed by atoms with van der Waals surface area (Å²) >= 11 is 0. The Kier molecular flexibility index (Phi) is 11.7. The van der Waals surface area contributed by atoms with E-state index in [1.54, 1.807) is 0 Å². The summed E-state index contributed by atoms with van der Waals surface area (Å²) in [5.74, 6) is -5.40. The lowest BCUT2D eigenvalue weighted by molar-refractivity contribution is -0.150. The lowest BCUT2D eigenvalue weighted by Gasteiger charge is -2.32. The molecule has 0 bridgehead atoms. The molecule has 16 heteroatoms. The first-order chi connectivity index (χ1) is 20.8. The van der Waals surface area contributed by atoms with Crippen molar-refractivity contribution >= 4 is 46.6 Å². The molecule has 12 N–H and O–H groups in total. The molecule has 0 aliphatic carbocycles. The van der Waals surface area contributed by atoms with Crippen molar-refractivity contribution in [3.05, 3.63) is 23.3 Å². The molecule has 0 radical (unpaired) electrons. The molecule has 0 aromatic heterocycles. The second kappa shape index (κ2) is 14.8. The third-order valence-corrected chi connectivity index (χ3v) is 7.99. The van der Waals surface area contributed by atoms with Crippen molar-refractivity contribution in [1.29, 1.82) is 0 Å². The summed E-state index contributed by atoms with van der Waals surface area (Å²) in [4.78, 5) is 82.7. The van der Waals surface area contributed by atoms with E-state index < -0.39 is 95.8 Å². The molecule has 0 spiro atoms. The van der Waals surface area contributed by atoms with Gasteiger partial charge in [0.2, 0.25) is 23.6 Å². The number of nitrogens with zero attached hydrogens (tertiary/aromatic N) is 2. The van der Waals surface area contributed by atoms with Crippen LogP contribution in [-0.2, 0) is 19.2 Å². The number of anilines is 2. The van der Waals surface area contributed by atoms with E-state index in [0.29, 0.717) is 48.6 Å². The molecule has 1 aromatic rings. The van der Waals surface area contributed by atoms with Crippen LogP contribution < -0.4 is 33.6 Å². The van der Waals surface area contributed by atoms with E-state index in [2.05, 4.69) is 10.6 Å². The van der Waals surface area contributed by atoms with E-state index in [4.69, 9.17) is 22.9 Å². The van der Waals surface area contributed by atoms with E-state index in [0.717, 1.165) is 0 Å². The summed E-state index contributed by atoms with van der Waals surface area (Å²) in [6.07, 6.45) is 2.08. The number of nitrogen functional groups attached to an aromatic ring is 2. The Morgan fingerprint density at radius 3 is 1.36 bits per heavy atom. The first-order valence-electron chi connectivity index (χ1n) is 14.5. The number of imide groups is 2. The predicted molar refractivity (Wildman–Crippen MR) is 159 cm³/mol. The number of nitrogens with two attached hydrogens (primary N) is 4. The van der Waals surface area contributed by atoms with Crippen molar-refractivity contribution in [2.75, 3.05) is 37.8 Å². The average Bonchev–Trinajstić information content (AvgIpc) is 3.75. The summed E-state index contributed by atoms with van der Waals surface area (Å²) in [5, 5.41) is 25.0. The molecule has 242 valence electrons. The van der Waals surface area contributed by atoms with Crippen molar-refractivity contribution in [3.8, 4) is 0 Å². The monoisotopic (exact) mass is 618 g/mol. The highest BCUT2D eigenvalue weighted by molar-refractivity contribution is 6.20. The van der Waals surface area contributed by atoms with Crippen molar-refractivity contribution in [2.24, 2.45) is 11.5 Å². The van der Waals surface area contributed by atoms with Gasteiger partial charge in [-0.15, -0.1) is 0 Å². The molecular weight excluding hydrogens is 576 g/mol. The van der Waals surface area contributed by atoms with E-state index in [9.17, 15) is 39.0 Å². The molecule has 2 heterocycles. The van der Waals surface area contributed by atoms with Gasteiger partial charge in [0.1, 0.15) is 24.2 Å². The fourth-order valence-corrected chi connectivity index (χ4v) is 5.44. The van der Waals surface area contributed by atoms with Crippen LogP contribution >= 0.6 is 0 Å². The van der Waals surface area contributed by atoms with Gasteiger partial charge in [0.15, 0.2) is 11.6 Å². The normalized spacial score (nSPS) is 20.8. The van der Waals surface area contributed by atoms with Gasteiger partial charge in [0, 0.05) is 11.4 Å². The highest BCUT2D eigenvalue weighted by Crippen LogP contribution is 2.29. The largest absolute Gasteiger partial charge is 0.398 e. The molecule has 16 nitrogen and oxygen atoms in total. The standard InChI is InChI=1S/C28H42N8O8/c1-13(35(25(41)17(31)11-37)27(43)19-5-3-9-33-19)23(39)21-15(29)7-8-16(30)22(21)24(40)14(2)36(26(42)18(32)12-38)28(44)20-6-4-10-34-20/h7-8,13-14,17-20,33-34,37-38H,3-6,9-12,29-32H2,1-2H3.